The van der Waals surface area contributed by atoms with Gasteiger partial charge in [-0.2, -0.15) is 4.90 Å². The van der Waals surface area contributed by atoms with Gasteiger partial charge in [-0.15, -0.1) is 0 Å². The van der Waals surface area contributed by atoms with Crippen molar-refractivity contribution >= 4 is 39.5 Å². The Hall–Kier alpha value is -1.72. The van der Waals surface area contributed by atoms with E-state index in [0.29, 0.717) is 6.04 Å². The summed E-state index contributed by atoms with van der Waals surface area (Å²) < 4.78 is 2.50. The summed E-state index contributed by atoms with van der Waals surface area (Å²) in [6.45, 7) is 2.17. The third-order valence-corrected chi connectivity index (χ3v) is 6.08. The van der Waals surface area contributed by atoms with Crippen LogP contribution < -0.4 is 0 Å². The highest BCUT2D eigenvalue weighted by atomic mass is 32.2. The van der Waals surface area contributed by atoms with E-state index in [9.17, 15) is 0 Å². The fraction of sp³-hybridized carbons (Fsp3) is 0.263. The molecule has 0 spiro atoms. The van der Waals surface area contributed by atoms with Crippen molar-refractivity contribution in [3.63, 3.8) is 0 Å². The normalized spacial score (nSPS) is 20.6. The molecule has 122 valence electrons. The van der Waals surface area contributed by atoms with Crippen molar-refractivity contribution < 1.29 is 4.58 Å². The molecule has 0 aromatic heterocycles. The van der Waals surface area contributed by atoms with Gasteiger partial charge in [0.05, 0.1) is 12.2 Å². The molecule has 0 amide bonds. The van der Waals surface area contributed by atoms with Crippen molar-refractivity contribution in [3.8, 4) is 0 Å². The minimum Gasteiger partial charge on any atom is -0.250 e. The van der Waals surface area contributed by atoms with Crippen LogP contribution in [0.3, 0.4) is 0 Å². The molecule has 0 bridgehead atoms. The van der Waals surface area contributed by atoms with E-state index in [1.807, 2.05) is 30.0 Å². The van der Waals surface area contributed by atoms with Crippen LogP contribution in [0.5, 0.6) is 0 Å². The first-order valence-electron chi connectivity index (χ1n) is 8.13. The number of hydrogen-bond donors (Lipinski definition) is 0. The van der Waals surface area contributed by atoms with E-state index in [2.05, 4.69) is 58.2 Å². The first-order chi connectivity index (χ1) is 11.9. The van der Waals surface area contributed by atoms with Crippen molar-refractivity contribution in [2.45, 2.75) is 6.04 Å². The maximum Gasteiger partial charge on any atom is 0.316 e. The molecule has 0 fully saturated rings. The predicted octanol–water partition coefficient (Wildman–Crippen LogP) is 4.21. The Balaban J connectivity index is 1.74. The average molecular weight is 355 g/mol. The van der Waals surface area contributed by atoms with Crippen LogP contribution in [0.25, 0.3) is 0 Å². The van der Waals surface area contributed by atoms with Gasteiger partial charge in [-0.3, -0.25) is 4.58 Å². The number of benzene rings is 2. The number of thioether (sulfide) groups is 2. The van der Waals surface area contributed by atoms with Gasteiger partial charge < -0.3 is 0 Å². The van der Waals surface area contributed by atoms with E-state index in [-0.39, 0.29) is 0 Å². The molecule has 3 nitrogen and oxygen atoms in total. The second kappa shape index (κ2) is 7.03. The van der Waals surface area contributed by atoms with Crippen LogP contribution in [0.2, 0.25) is 0 Å². The third-order valence-electron chi connectivity index (χ3n) is 4.33. The molecule has 2 heterocycles. The molecule has 5 heteroatoms. The van der Waals surface area contributed by atoms with Gasteiger partial charge in [0.25, 0.3) is 5.17 Å². The summed E-state index contributed by atoms with van der Waals surface area (Å²) in [4.78, 5) is 7.38. The highest BCUT2D eigenvalue weighted by Crippen LogP contribution is 2.35. The van der Waals surface area contributed by atoms with Gasteiger partial charge in [0.15, 0.2) is 6.04 Å². The Morgan fingerprint density at radius 2 is 1.83 bits per heavy atom. The van der Waals surface area contributed by atoms with E-state index in [1.54, 1.807) is 11.8 Å². The summed E-state index contributed by atoms with van der Waals surface area (Å²) in [6, 6.07) is 21.4. The summed E-state index contributed by atoms with van der Waals surface area (Å²) in [5, 5.41) is 2.43. The predicted molar refractivity (Wildman–Crippen MR) is 106 cm³/mol. The topological polar surface area (TPSA) is 18.6 Å². The quantitative estimate of drug-likeness (QED) is 0.457. The fourth-order valence-electron chi connectivity index (χ4n) is 3.20. The van der Waals surface area contributed by atoms with Gasteiger partial charge >= 0.3 is 5.17 Å². The molecule has 2 aliphatic rings. The SMILES string of the molecule is CSC(=Nc1ccccc1)N1C2=[N+](CCS2)CC1c1ccccc1. The molecule has 24 heavy (non-hydrogen) atoms. The summed E-state index contributed by atoms with van der Waals surface area (Å²) in [6.07, 6.45) is 2.12. The molecule has 2 aliphatic heterocycles. The highest BCUT2D eigenvalue weighted by Gasteiger charge is 2.46. The van der Waals surface area contributed by atoms with Crippen molar-refractivity contribution in [2.24, 2.45) is 4.99 Å². The summed E-state index contributed by atoms with van der Waals surface area (Å²) in [5.41, 5.74) is 2.37. The largest absolute Gasteiger partial charge is 0.316 e. The first kappa shape index (κ1) is 15.8. The molecule has 0 N–H and O–H groups in total. The lowest BCUT2D eigenvalue weighted by Gasteiger charge is -2.20. The molecular weight excluding hydrogens is 334 g/mol. The minimum atomic E-state index is 0.337. The first-order valence-corrected chi connectivity index (χ1v) is 10.3. The third kappa shape index (κ3) is 2.98. The van der Waals surface area contributed by atoms with E-state index < -0.39 is 0 Å². The lowest BCUT2D eigenvalue weighted by atomic mass is 10.1. The summed E-state index contributed by atoms with van der Waals surface area (Å²) >= 11 is 3.67. The second-order valence-electron chi connectivity index (χ2n) is 5.81. The number of aliphatic imine (C=N–C) groups is 1. The van der Waals surface area contributed by atoms with Crippen LogP contribution in [0.15, 0.2) is 65.7 Å². The molecule has 0 radical (unpaired) electrons. The molecule has 0 aliphatic carbocycles. The van der Waals surface area contributed by atoms with Gasteiger partial charge in [-0.05, 0) is 30.2 Å². The van der Waals surface area contributed by atoms with Crippen molar-refractivity contribution in [3.05, 3.63) is 66.2 Å². The Morgan fingerprint density at radius 3 is 2.54 bits per heavy atom. The van der Waals surface area contributed by atoms with Crippen LogP contribution in [0.4, 0.5) is 5.69 Å². The zero-order chi connectivity index (χ0) is 16.4. The molecule has 0 saturated heterocycles. The fourth-order valence-corrected chi connectivity index (χ4v) is 5.07. The number of nitrogens with zero attached hydrogens (tertiary/aromatic N) is 3. The standard InChI is InChI=1S/C19H20N3S2/c1-23-18(20-16-10-6-3-7-11-16)22-17(15-8-4-2-5-9-15)14-21-12-13-24-19(21)22/h2-11,17H,12-14H2,1H3/q+1. The maximum atomic E-state index is 4.94. The number of hydrogen-bond acceptors (Lipinski definition) is 3. The molecule has 2 aromatic carbocycles. The lowest BCUT2D eigenvalue weighted by molar-refractivity contribution is -0.511. The summed E-state index contributed by atoms with van der Waals surface area (Å²) in [5.74, 6) is 1.17. The van der Waals surface area contributed by atoms with Gasteiger partial charge in [0.2, 0.25) is 0 Å². The average Bonchev–Trinajstić information content (AvgIpc) is 3.22. The molecule has 0 saturated carbocycles. The van der Waals surface area contributed by atoms with Crippen LogP contribution in [0.1, 0.15) is 11.6 Å². The zero-order valence-corrected chi connectivity index (χ0v) is 15.3. The van der Waals surface area contributed by atoms with E-state index in [4.69, 9.17) is 4.99 Å². The number of rotatable bonds is 2. The zero-order valence-electron chi connectivity index (χ0n) is 13.6. The van der Waals surface area contributed by atoms with E-state index >= 15 is 0 Å². The molecular formula is C19H20N3S2+. The van der Waals surface area contributed by atoms with E-state index in [0.717, 1.165) is 23.9 Å². The Kier molecular flexibility index (Phi) is 4.63. The lowest BCUT2D eigenvalue weighted by Crippen LogP contribution is -2.33. The van der Waals surface area contributed by atoms with Crippen LogP contribution >= 0.6 is 23.5 Å². The van der Waals surface area contributed by atoms with Crippen molar-refractivity contribution in [1.82, 2.24) is 4.90 Å². The van der Waals surface area contributed by atoms with Crippen molar-refractivity contribution in [2.75, 3.05) is 25.1 Å². The van der Waals surface area contributed by atoms with Gasteiger partial charge in [0.1, 0.15) is 6.54 Å². The van der Waals surface area contributed by atoms with Crippen LogP contribution in [-0.2, 0) is 0 Å². The smallest absolute Gasteiger partial charge is 0.250 e. The number of amidine groups is 2. The Morgan fingerprint density at radius 1 is 1.12 bits per heavy atom. The van der Waals surface area contributed by atoms with Gasteiger partial charge in [-0.1, -0.05) is 60.3 Å². The number of para-hydroxylation sites is 1. The van der Waals surface area contributed by atoms with Gasteiger partial charge in [-0.25, -0.2) is 4.99 Å². The highest BCUT2D eigenvalue weighted by molar-refractivity contribution is 8.15. The minimum absolute atomic E-state index is 0.337. The van der Waals surface area contributed by atoms with E-state index in [1.165, 1.54) is 16.5 Å². The molecule has 1 unspecified atom stereocenters. The molecule has 1 atom stereocenters. The van der Waals surface area contributed by atoms with Crippen molar-refractivity contribution in [1.29, 1.82) is 0 Å². The summed E-state index contributed by atoms with van der Waals surface area (Å²) in [7, 11) is 0. The second-order valence-corrected chi connectivity index (χ2v) is 7.64. The van der Waals surface area contributed by atoms with Gasteiger partial charge in [0, 0.05) is 11.3 Å². The monoisotopic (exact) mass is 354 g/mol. The maximum absolute atomic E-state index is 4.94. The van der Waals surface area contributed by atoms with Crippen LogP contribution in [-0.4, -0.2) is 44.9 Å². The molecule has 4 rings (SSSR count). The molecule has 2 aromatic rings. The Labute approximate surface area is 151 Å². The van der Waals surface area contributed by atoms with Crippen LogP contribution in [0, 0.1) is 0 Å². The Bertz CT molecular complexity index is 772.